The van der Waals surface area contributed by atoms with Gasteiger partial charge >= 0.3 is 5.69 Å². The van der Waals surface area contributed by atoms with E-state index in [0.717, 1.165) is 11.1 Å². The second-order valence-corrected chi connectivity index (χ2v) is 4.07. The van der Waals surface area contributed by atoms with Gasteiger partial charge in [0.15, 0.2) is 0 Å². The van der Waals surface area contributed by atoms with Gasteiger partial charge in [0.05, 0.1) is 6.67 Å². The number of rotatable bonds is 1. The Labute approximate surface area is 93.3 Å². The van der Waals surface area contributed by atoms with Gasteiger partial charge in [0, 0.05) is 27.7 Å². The Morgan fingerprint density at radius 1 is 1.12 bits per heavy atom. The van der Waals surface area contributed by atoms with Gasteiger partial charge in [-0.1, -0.05) is 0 Å². The summed E-state index contributed by atoms with van der Waals surface area (Å²) in [6.07, 6.45) is 0. The number of aromatic nitrogens is 2. The van der Waals surface area contributed by atoms with Gasteiger partial charge < -0.3 is 9.80 Å². The smallest absolute Gasteiger partial charge is 0.332 e. The fraction of sp³-hybridized carbons (Fsp3) is 0.600. The lowest BCUT2D eigenvalue weighted by Crippen LogP contribution is -2.39. The summed E-state index contributed by atoms with van der Waals surface area (Å²) in [5, 5.41) is 0. The number of hydrogen-bond acceptors (Lipinski definition) is 4. The lowest BCUT2D eigenvalue weighted by atomic mass is 10.4. The summed E-state index contributed by atoms with van der Waals surface area (Å²) in [6.45, 7) is 3.40. The van der Waals surface area contributed by atoms with Gasteiger partial charge in [0.2, 0.25) is 0 Å². The van der Waals surface area contributed by atoms with Crippen molar-refractivity contribution < 1.29 is 0 Å². The molecule has 0 unspecified atom stereocenters. The van der Waals surface area contributed by atoms with Crippen LogP contribution in [0, 0.1) is 0 Å². The Kier molecular flexibility index (Phi) is 2.29. The van der Waals surface area contributed by atoms with Gasteiger partial charge in [-0.05, 0) is 6.92 Å². The van der Waals surface area contributed by atoms with Crippen molar-refractivity contribution in [2.24, 2.45) is 14.1 Å². The third kappa shape index (κ3) is 1.19. The molecule has 0 saturated carbocycles. The molecule has 0 fully saturated rings. The predicted octanol–water partition coefficient (Wildman–Crippen LogP) is -0.682. The van der Waals surface area contributed by atoms with E-state index in [2.05, 4.69) is 0 Å². The average Bonchev–Trinajstić information content (AvgIpc) is 2.60. The molecule has 0 bridgehead atoms. The fourth-order valence-electron chi connectivity index (χ4n) is 2.18. The Balaban J connectivity index is 2.86. The number of nitrogens with zero attached hydrogens (tertiary/aromatic N) is 4. The molecular weight excluding hydrogens is 208 g/mol. The van der Waals surface area contributed by atoms with E-state index in [1.807, 2.05) is 23.8 Å². The van der Waals surface area contributed by atoms with Crippen molar-refractivity contribution in [3.05, 3.63) is 20.8 Å². The third-order valence-corrected chi connectivity index (χ3v) is 3.05. The van der Waals surface area contributed by atoms with Crippen molar-refractivity contribution in [2.45, 2.75) is 6.92 Å². The first-order valence-electron chi connectivity index (χ1n) is 5.25. The quantitative estimate of drug-likeness (QED) is 0.634. The molecule has 0 saturated heterocycles. The maximum atomic E-state index is 12.0. The predicted molar refractivity (Wildman–Crippen MR) is 63.2 cm³/mol. The van der Waals surface area contributed by atoms with E-state index in [4.69, 9.17) is 0 Å². The summed E-state index contributed by atoms with van der Waals surface area (Å²) in [4.78, 5) is 27.7. The molecule has 1 aromatic heterocycles. The Morgan fingerprint density at radius 2 is 1.75 bits per heavy atom. The number of fused-ring (bicyclic) bond motifs is 1. The third-order valence-electron chi connectivity index (χ3n) is 3.05. The Morgan fingerprint density at radius 3 is 2.31 bits per heavy atom. The highest BCUT2D eigenvalue weighted by Gasteiger charge is 2.29. The van der Waals surface area contributed by atoms with Gasteiger partial charge in [-0.3, -0.25) is 13.9 Å². The van der Waals surface area contributed by atoms with Gasteiger partial charge in [0.1, 0.15) is 11.5 Å². The molecule has 0 aromatic carbocycles. The first kappa shape index (κ1) is 10.8. The summed E-state index contributed by atoms with van der Waals surface area (Å²) in [5.41, 5.74) is 0.118. The maximum absolute atomic E-state index is 12.0. The molecule has 0 aliphatic carbocycles. The van der Waals surface area contributed by atoms with E-state index in [-0.39, 0.29) is 11.2 Å². The molecular formula is C10H16N4O2. The zero-order valence-corrected chi connectivity index (χ0v) is 10.0. The first-order chi connectivity index (χ1) is 7.49. The SMILES string of the molecule is CCN1CN(C)c2c1c(=O)n(C)c(=O)n2C. The van der Waals surface area contributed by atoms with Crippen molar-refractivity contribution in [3.63, 3.8) is 0 Å². The molecule has 0 radical (unpaired) electrons. The van der Waals surface area contributed by atoms with E-state index in [0.29, 0.717) is 18.2 Å². The Bertz CT molecular complexity index is 543. The van der Waals surface area contributed by atoms with E-state index in [1.54, 1.807) is 7.05 Å². The average molecular weight is 224 g/mol. The zero-order valence-electron chi connectivity index (χ0n) is 10.0. The molecule has 0 amide bonds. The van der Waals surface area contributed by atoms with Gasteiger partial charge in [-0.2, -0.15) is 0 Å². The fourth-order valence-corrected chi connectivity index (χ4v) is 2.18. The standard InChI is InChI=1S/C10H16N4O2/c1-5-14-6-11(2)8-7(14)9(15)13(4)10(16)12(8)3/h5-6H2,1-4H3. The largest absolute Gasteiger partial charge is 0.347 e. The maximum Gasteiger partial charge on any atom is 0.332 e. The summed E-state index contributed by atoms with van der Waals surface area (Å²) < 4.78 is 2.67. The van der Waals surface area contributed by atoms with E-state index in [9.17, 15) is 9.59 Å². The van der Waals surface area contributed by atoms with E-state index >= 15 is 0 Å². The van der Waals surface area contributed by atoms with Crippen molar-refractivity contribution >= 4 is 11.5 Å². The highest BCUT2D eigenvalue weighted by molar-refractivity contribution is 5.71. The first-order valence-corrected chi connectivity index (χ1v) is 5.25. The molecule has 1 aliphatic rings. The van der Waals surface area contributed by atoms with Crippen LogP contribution < -0.4 is 21.0 Å². The van der Waals surface area contributed by atoms with Crippen LogP contribution in [0.5, 0.6) is 0 Å². The van der Waals surface area contributed by atoms with Crippen LogP contribution in [0.3, 0.4) is 0 Å². The Hall–Kier alpha value is -1.72. The molecule has 2 heterocycles. The van der Waals surface area contributed by atoms with Crippen LogP contribution in [0.2, 0.25) is 0 Å². The van der Waals surface area contributed by atoms with Crippen LogP contribution in [0.15, 0.2) is 9.59 Å². The van der Waals surface area contributed by atoms with Crippen LogP contribution in [0.25, 0.3) is 0 Å². The number of anilines is 2. The highest BCUT2D eigenvalue weighted by Crippen LogP contribution is 2.29. The topological polar surface area (TPSA) is 50.5 Å². The molecule has 1 aliphatic heterocycles. The molecule has 0 atom stereocenters. The minimum atomic E-state index is -0.284. The lowest BCUT2D eigenvalue weighted by molar-refractivity contribution is 0.689. The van der Waals surface area contributed by atoms with Gasteiger partial charge in [-0.25, -0.2) is 4.79 Å². The van der Waals surface area contributed by atoms with Crippen LogP contribution in [-0.2, 0) is 14.1 Å². The molecule has 6 heteroatoms. The van der Waals surface area contributed by atoms with Crippen molar-refractivity contribution in [3.8, 4) is 0 Å². The minimum absolute atomic E-state index is 0.218. The molecule has 6 nitrogen and oxygen atoms in total. The molecule has 0 N–H and O–H groups in total. The minimum Gasteiger partial charge on any atom is -0.347 e. The van der Waals surface area contributed by atoms with Crippen molar-refractivity contribution in [1.29, 1.82) is 0 Å². The molecule has 16 heavy (non-hydrogen) atoms. The van der Waals surface area contributed by atoms with Crippen molar-refractivity contribution in [2.75, 3.05) is 30.1 Å². The van der Waals surface area contributed by atoms with E-state index < -0.39 is 0 Å². The van der Waals surface area contributed by atoms with Crippen LogP contribution in [0.1, 0.15) is 6.92 Å². The van der Waals surface area contributed by atoms with E-state index in [1.165, 1.54) is 11.6 Å². The van der Waals surface area contributed by atoms with Crippen LogP contribution in [0.4, 0.5) is 11.5 Å². The molecule has 2 rings (SSSR count). The zero-order chi connectivity index (χ0) is 12.0. The highest BCUT2D eigenvalue weighted by atomic mass is 16.2. The summed E-state index contributed by atoms with van der Waals surface area (Å²) in [5.74, 6) is 0.704. The molecule has 1 aromatic rings. The number of hydrogen-bond donors (Lipinski definition) is 0. The van der Waals surface area contributed by atoms with Crippen LogP contribution in [-0.4, -0.2) is 29.4 Å². The summed E-state index contributed by atoms with van der Waals surface area (Å²) in [7, 11) is 5.08. The second-order valence-electron chi connectivity index (χ2n) is 4.07. The summed E-state index contributed by atoms with van der Waals surface area (Å²) >= 11 is 0. The summed E-state index contributed by atoms with van der Waals surface area (Å²) in [6, 6.07) is 0. The lowest BCUT2D eigenvalue weighted by Gasteiger charge is -2.15. The van der Waals surface area contributed by atoms with Crippen molar-refractivity contribution in [1.82, 2.24) is 9.13 Å². The second kappa shape index (κ2) is 3.40. The van der Waals surface area contributed by atoms with Gasteiger partial charge in [0.25, 0.3) is 5.56 Å². The normalized spacial score (nSPS) is 14.5. The van der Waals surface area contributed by atoms with Gasteiger partial charge in [-0.15, -0.1) is 0 Å². The monoisotopic (exact) mass is 224 g/mol. The van der Waals surface area contributed by atoms with Crippen LogP contribution >= 0.6 is 0 Å². The molecule has 0 spiro atoms. The molecule has 88 valence electrons.